The molecule has 7 nitrogen and oxygen atoms in total. The van der Waals surface area contributed by atoms with Crippen LogP contribution in [0.2, 0.25) is 0 Å². The molecule has 1 aromatic rings. The molecule has 0 aliphatic rings. The van der Waals surface area contributed by atoms with Crippen molar-refractivity contribution in [3.63, 3.8) is 0 Å². The third-order valence-corrected chi connectivity index (χ3v) is 2.96. The summed E-state index contributed by atoms with van der Waals surface area (Å²) in [7, 11) is 3.14. The highest BCUT2D eigenvalue weighted by Crippen LogP contribution is 2.17. The van der Waals surface area contributed by atoms with Gasteiger partial charge in [-0.2, -0.15) is 0 Å². The van der Waals surface area contributed by atoms with Gasteiger partial charge in [-0.25, -0.2) is 4.79 Å². The van der Waals surface area contributed by atoms with Crippen LogP contribution in [0, 0.1) is 5.92 Å². The zero-order valence-corrected chi connectivity index (χ0v) is 13.0. The van der Waals surface area contributed by atoms with Crippen LogP contribution in [0.15, 0.2) is 24.3 Å². The number of nitrogens with zero attached hydrogens (tertiary/aromatic N) is 1. The summed E-state index contributed by atoms with van der Waals surface area (Å²) in [6, 6.07) is 6.60. The monoisotopic (exact) mass is 310 g/mol. The summed E-state index contributed by atoms with van der Waals surface area (Å²) in [5.74, 6) is -0.941. The zero-order chi connectivity index (χ0) is 16.5. The lowest BCUT2D eigenvalue weighted by Crippen LogP contribution is -2.36. The number of carboxylic acid groups (broad SMARTS) is 1. The number of hydrogen-bond donors (Lipinski definition) is 2. The van der Waals surface area contributed by atoms with E-state index in [9.17, 15) is 9.59 Å². The number of anilines is 1. The molecule has 0 spiro atoms. The standard InChI is InChI=1S/C15H22N2O5/c1-11(14(18)19)10-17(2)15(20)16-12-5-4-6-13(9-12)22-8-7-21-3/h4-6,9,11H,7-8,10H2,1-3H3,(H,16,20)(H,18,19). The smallest absolute Gasteiger partial charge is 0.321 e. The lowest BCUT2D eigenvalue weighted by molar-refractivity contribution is -0.141. The zero-order valence-electron chi connectivity index (χ0n) is 13.0. The topological polar surface area (TPSA) is 88.1 Å². The molecule has 1 atom stereocenters. The molecule has 122 valence electrons. The van der Waals surface area contributed by atoms with Crippen molar-refractivity contribution in [2.75, 3.05) is 39.2 Å². The van der Waals surface area contributed by atoms with Crippen LogP contribution in [0.4, 0.5) is 10.5 Å². The minimum Gasteiger partial charge on any atom is -0.491 e. The van der Waals surface area contributed by atoms with Crippen molar-refractivity contribution in [3.8, 4) is 5.75 Å². The van der Waals surface area contributed by atoms with Gasteiger partial charge in [0.05, 0.1) is 12.5 Å². The average Bonchev–Trinajstić information content (AvgIpc) is 2.47. The first-order chi connectivity index (χ1) is 10.4. The van der Waals surface area contributed by atoms with Crippen molar-refractivity contribution in [1.29, 1.82) is 0 Å². The van der Waals surface area contributed by atoms with Crippen LogP contribution in [0.5, 0.6) is 5.75 Å². The fourth-order valence-electron chi connectivity index (χ4n) is 1.70. The molecule has 22 heavy (non-hydrogen) atoms. The molecular formula is C15H22N2O5. The molecule has 0 aliphatic carbocycles. The van der Waals surface area contributed by atoms with E-state index < -0.39 is 11.9 Å². The van der Waals surface area contributed by atoms with Gasteiger partial charge in [-0.15, -0.1) is 0 Å². The van der Waals surface area contributed by atoms with Gasteiger partial charge < -0.3 is 24.8 Å². The lowest BCUT2D eigenvalue weighted by atomic mass is 10.2. The van der Waals surface area contributed by atoms with Gasteiger partial charge in [0.15, 0.2) is 0 Å². The first-order valence-corrected chi connectivity index (χ1v) is 6.90. The maximum Gasteiger partial charge on any atom is 0.321 e. The molecule has 0 radical (unpaired) electrons. The van der Waals surface area contributed by atoms with Gasteiger partial charge in [0.25, 0.3) is 0 Å². The van der Waals surface area contributed by atoms with Crippen LogP contribution >= 0.6 is 0 Å². The maximum atomic E-state index is 12.0. The van der Waals surface area contributed by atoms with Crippen LogP contribution < -0.4 is 10.1 Å². The van der Waals surface area contributed by atoms with Crippen LogP contribution in [0.1, 0.15) is 6.92 Å². The highest BCUT2D eigenvalue weighted by molar-refractivity contribution is 5.89. The third-order valence-electron chi connectivity index (χ3n) is 2.96. The molecule has 2 N–H and O–H groups in total. The summed E-state index contributed by atoms with van der Waals surface area (Å²) >= 11 is 0. The molecule has 0 aromatic heterocycles. The summed E-state index contributed by atoms with van der Waals surface area (Å²) in [5, 5.41) is 11.6. The summed E-state index contributed by atoms with van der Waals surface area (Å²) in [5.41, 5.74) is 0.578. The van der Waals surface area contributed by atoms with Crippen LogP contribution in [0.25, 0.3) is 0 Å². The number of benzene rings is 1. The van der Waals surface area contributed by atoms with Gasteiger partial charge in [0, 0.05) is 32.5 Å². The first-order valence-electron chi connectivity index (χ1n) is 6.90. The molecule has 0 fully saturated rings. The van der Waals surface area contributed by atoms with Gasteiger partial charge in [-0.3, -0.25) is 4.79 Å². The predicted molar refractivity (Wildman–Crippen MR) is 82.3 cm³/mol. The van der Waals surface area contributed by atoms with Crippen LogP contribution in [-0.4, -0.2) is 55.9 Å². The number of carboxylic acids is 1. The Morgan fingerprint density at radius 2 is 2.09 bits per heavy atom. The molecule has 2 amide bonds. The van der Waals surface area contributed by atoms with Crippen molar-refractivity contribution in [2.24, 2.45) is 5.92 Å². The van der Waals surface area contributed by atoms with E-state index in [4.69, 9.17) is 14.6 Å². The second-order valence-corrected chi connectivity index (χ2v) is 4.92. The van der Waals surface area contributed by atoms with Gasteiger partial charge in [0.2, 0.25) is 0 Å². The molecule has 0 bridgehead atoms. The van der Waals surface area contributed by atoms with E-state index in [0.29, 0.717) is 24.7 Å². The first kappa shape index (κ1) is 17.8. The number of methoxy groups -OCH3 is 1. The Bertz CT molecular complexity index is 506. The minimum absolute atomic E-state index is 0.130. The number of rotatable bonds is 8. The Balaban J connectivity index is 2.56. The van der Waals surface area contributed by atoms with Crippen molar-refractivity contribution >= 4 is 17.7 Å². The van der Waals surface area contributed by atoms with Crippen molar-refractivity contribution in [3.05, 3.63) is 24.3 Å². The summed E-state index contributed by atoms with van der Waals surface area (Å²) < 4.78 is 10.4. The molecule has 0 heterocycles. The molecule has 1 rings (SSSR count). The van der Waals surface area contributed by atoms with Crippen molar-refractivity contribution in [2.45, 2.75) is 6.92 Å². The lowest BCUT2D eigenvalue weighted by Gasteiger charge is -2.20. The molecule has 1 unspecified atom stereocenters. The van der Waals surface area contributed by atoms with E-state index in [2.05, 4.69) is 5.32 Å². The Labute approximate surface area is 129 Å². The average molecular weight is 310 g/mol. The second-order valence-electron chi connectivity index (χ2n) is 4.92. The van der Waals surface area contributed by atoms with E-state index in [0.717, 1.165) is 0 Å². The van der Waals surface area contributed by atoms with Crippen LogP contribution in [0.3, 0.4) is 0 Å². The van der Waals surface area contributed by atoms with Crippen molar-refractivity contribution in [1.82, 2.24) is 4.90 Å². The number of carbonyl (C=O) groups excluding carboxylic acids is 1. The van der Waals surface area contributed by atoms with Crippen LogP contribution in [-0.2, 0) is 9.53 Å². The number of urea groups is 1. The molecule has 0 saturated heterocycles. The molecule has 7 heteroatoms. The van der Waals surface area contributed by atoms with Gasteiger partial charge in [0.1, 0.15) is 12.4 Å². The number of aliphatic carboxylic acids is 1. The quantitative estimate of drug-likeness (QED) is 0.716. The summed E-state index contributed by atoms with van der Waals surface area (Å²) in [6.07, 6.45) is 0. The Morgan fingerprint density at radius 3 is 2.73 bits per heavy atom. The second kappa shape index (κ2) is 8.89. The number of nitrogens with one attached hydrogen (secondary N) is 1. The predicted octanol–water partition coefficient (Wildman–Crippen LogP) is 1.90. The Hall–Kier alpha value is -2.28. The summed E-state index contributed by atoms with van der Waals surface area (Å²) in [6.45, 7) is 2.58. The fraction of sp³-hybridized carbons (Fsp3) is 0.467. The van der Waals surface area contributed by atoms with Gasteiger partial charge in [-0.05, 0) is 12.1 Å². The van der Waals surface area contributed by atoms with Gasteiger partial charge in [-0.1, -0.05) is 13.0 Å². The third kappa shape index (κ3) is 6.01. The SMILES string of the molecule is COCCOc1cccc(NC(=O)N(C)CC(C)C(=O)O)c1. The normalized spacial score (nSPS) is 11.6. The Kier molecular flexibility index (Phi) is 7.18. The molecule has 0 aliphatic heterocycles. The van der Waals surface area contributed by atoms with E-state index >= 15 is 0 Å². The molecular weight excluding hydrogens is 288 g/mol. The van der Waals surface area contributed by atoms with E-state index in [1.54, 1.807) is 45.3 Å². The van der Waals surface area contributed by atoms with E-state index in [1.165, 1.54) is 4.90 Å². The van der Waals surface area contributed by atoms with Gasteiger partial charge >= 0.3 is 12.0 Å². The number of hydrogen-bond acceptors (Lipinski definition) is 4. The number of carbonyl (C=O) groups is 2. The summed E-state index contributed by atoms with van der Waals surface area (Å²) in [4.78, 5) is 24.1. The fourth-order valence-corrected chi connectivity index (χ4v) is 1.70. The van der Waals surface area contributed by atoms with Crippen molar-refractivity contribution < 1.29 is 24.2 Å². The largest absolute Gasteiger partial charge is 0.491 e. The molecule has 0 saturated carbocycles. The Morgan fingerprint density at radius 1 is 1.36 bits per heavy atom. The maximum absolute atomic E-state index is 12.0. The molecule has 1 aromatic carbocycles. The number of amides is 2. The minimum atomic E-state index is -0.937. The highest BCUT2D eigenvalue weighted by atomic mass is 16.5. The number of ether oxygens (including phenoxy) is 2. The van der Waals surface area contributed by atoms with E-state index in [1.807, 2.05) is 0 Å². The highest BCUT2D eigenvalue weighted by Gasteiger charge is 2.17. The van der Waals surface area contributed by atoms with E-state index in [-0.39, 0.29) is 12.6 Å².